The van der Waals surface area contributed by atoms with Crippen LogP contribution < -0.4 is 4.90 Å². The number of aryl methyl sites for hydroxylation is 1. The second-order valence-electron chi connectivity index (χ2n) is 9.68. The normalized spacial score (nSPS) is 24.8. The van der Waals surface area contributed by atoms with Crippen LogP contribution in [-0.4, -0.2) is 37.7 Å². The molecule has 2 atom stereocenters. The molecule has 1 N–H and O–H groups in total. The summed E-state index contributed by atoms with van der Waals surface area (Å²) in [5, 5.41) is 10.0. The van der Waals surface area contributed by atoms with Crippen molar-refractivity contribution in [1.29, 1.82) is 0 Å². The van der Waals surface area contributed by atoms with E-state index in [9.17, 15) is 9.90 Å². The van der Waals surface area contributed by atoms with Crippen LogP contribution in [0.15, 0.2) is 36.4 Å². The third kappa shape index (κ3) is 4.15. The Kier molecular flexibility index (Phi) is 6.18. The van der Waals surface area contributed by atoms with E-state index in [-0.39, 0.29) is 17.7 Å². The average Bonchev–Trinajstić information content (AvgIpc) is 2.84. The van der Waals surface area contributed by atoms with E-state index in [4.69, 9.17) is 4.74 Å². The van der Waals surface area contributed by atoms with Crippen molar-refractivity contribution in [2.24, 2.45) is 17.8 Å². The van der Waals surface area contributed by atoms with Crippen LogP contribution in [-0.2, 0) is 16.0 Å². The highest BCUT2D eigenvalue weighted by atomic mass is 19.1. The Labute approximate surface area is 189 Å². The summed E-state index contributed by atoms with van der Waals surface area (Å²) >= 11 is 0. The van der Waals surface area contributed by atoms with Gasteiger partial charge in [-0.3, -0.25) is 0 Å². The van der Waals surface area contributed by atoms with Gasteiger partial charge in [0.2, 0.25) is 0 Å². The van der Waals surface area contributed by atoms with Gasteiger partial charge < -0.3 is 19.5 Å². The van der Waals surface area contributed by atoms with Crippen LogP contribution in [0.2, 0.25) is 0 Å². The number of carbonyl (C=O) groups excluding carboxylic acids is 1. The fourth-order valence-corrected chi connectivity index (χ4v) is 6.16. The van der Waals surface area contributed by atoms with Gasteiger partial charge in [0, 0.05) is 38.1 Å². The lowest BCUT2D eigenvalue weighted by atomic mass is 9.65. The topological polar surface area (TPSA) is 49.8 Å². The maximum Gasteiger partial charge on any atom is 0.146 e. The number of rotatable bonds is 4. The molecule has 2 heterocycles. The summed E-state index contributed by atoms with van der Waals surface area (Å²) in [4.78, 5) is 13.1. The summed E-state index contributed by atoms with van der Waals surface area (Å²) in [6.07, 6.45) is 6.72. The van der Waals surface area contributed by atoms with Crippen LogP contribution >= 0.6 is 0 Å². The lowest BCUT2D eigenvalue weighted by molar-refractivity contribution is -0.111. The zero-order chi connectivity index (χ0) is 22.1. The fraction of sp³-hybridized carbons (Fsp3) is 0.519. The van der Waals surface area contributed by atoms with Gasteiger partial charge in [0.05, 0.1) is 5.69 Å². The molecule has 2 aromatic carbocycles. The number of nitrogens with zero attached hydrogens (tertiary/aromatic N) is 1. The molecule has 0 bridgehead atoms. The molecule has 1 unspecified atom stereocenters. The molecule has 2 fully saturated rings. The van der Waals surface area contributed by atoms with Crippen LogP contribution in [0.25, 0.3) is 0 Å². The van der Waals surface area contributed by atoms with Crippen LogP contribution in [0.3, 0.4) is 0 Å². The van der Waals surface area contributed by atoms with Crippen LogP contribution in [0.1, 0.15) is 54.7 Å². The second kappa shape index (κ2) is 9.22. The first-order valence-electron chi connectivity index (χ1n) is 12.0. The molecule has 3 aliphatic rings. The summed E-state index contributed by atoms with van der Waals surface area (Å²) in [7, 11) is 0. The fourth-order valence-electron chi connectivity index (χ4n) is 6.16. The minimum atomic E-state index is -0.177. The summed E-state index contributed by atoms with van der Waals surface area (Å²) in [6.45, 7) is 3.05. The number of carbonyl (C=O) groups is 1. The number of ether oxygens (including phenoxy) is 1. The lowest BCUT2D eigenvalue weighted by Gasteiger charge is -2.40. The summed E-state index contributed by atoms with van der Waals surface area (Å²) in [5.41, 5.74) is 4.07. The van der Waals surface area contributed by atoms with E-state index in [0.29, 0.717) is 23.3 Å². The highest BCUT2D eigenvalue weighted by molar-refractivity contribution is 5.56. The predicted octanol–water partition coefficient (Wildman–Crippen LogP) is 5.07. The minimum Gasteiger partial charge on any atom is -0.508 e. The molecular weight excluding hydrogens is 405 g/mol. The number of fused-ring (bicyclic) bond motifs is 1. The molecule has 0 spiro atoms. The molecule has 32 heavy (non-hydrogen) atoms. The molecule has 1 aliphatic carbocycles. The van der Waals surface area contributed by atoms with Crippen molar-refractivity contribution >= 4 is 12.0 Å². The number of halogens is 1. The van der Waals surface area contributed by atoms with E-state index in [1.54, 1.807) is 12.1 Å². The number of phenolic OH excluding ortho intramolecular Hbond substituents is 1. The molecule has 0 radical (unpaired) electrons. The first kappa shape index (κ1) is 21.4. The smallest absolute Gasteiger partial charge is 0.146 e. The van der Waals surface area contributed by atoms with Gasteiger partial charge in [0.25, 0.3) is 0 Å². The predicted molar refractivity (Wildman–Crippen MR) is 123 cm³/mol. The van der Waals surface area contributed by atoms with E-state index in [1.807, 2.05) is 18.2 Å². The number of piperidine rings is 1. The molecule has 2 aliphatic heterocycles. The van der Waals surface area contributed by atoms with Crippen molar-refractivity contribution in [3.8, 4) is 5.75 Å². The molecular formula is C27H32FNO3. The van der Waals surface area contributed by atoms with Gasteiger partial charge in [0.15, 0.2) is 0 Å². The number of anilines is 1. The first-order chi connectivity index (χ1) is 15.6. The molecule has 0 amide bonds. The van der Waals surface area contributed by atoms with Crippen molar-refractivity contribution < 1.29 is 19.0 Å². The Hall–Kier alpha value is -2.40. The zero-order valence-electron chi connectivity index (χ0n) is 18.5. The number of aromatic hydroxyl groups is 1. The second-order valence-corrected chi connectivity index (χ2v) is 9.68. The number of hydrogen-bond donors (Lipinski definition) is 1. The molecule has 2 saturated heterocycles. The number of hydrogen-bond acceptors (Lipinski definition) is 4. The standard InChI is InChI=1S/C27H32FNO3/c28-25-16-21(2-6-26(25)29-11-7-18(17-30)8-12-29)27-23(19-9-13-32-14-10-19)4-1-20-15-22(31)3-5-24(20)27/h2-3,5-6,15-19,23,27,31H,1,4,7-14H2/t23-,27?/m1/s1. The van der Waals surface area contributed by atoms with Gasteiger partial charge in [-0.15, -0.1) is 0 Å². The van der Waals surface area contributed by atoms with E-state index >= 15 is 4.39 Å². The Morgan fingerprint density at radius 3 is 2.50 bits per heavy atom. The van der Waals surface area contributed by atoms with E-state index in [1.165, 1.54) is 11.1 Å². The van der Waals surface area contributed by atoms with Gasteiger partial charge in [-0.1, -0.05) is 12.1 Å². The summed E-state index contributed by atoms with van der Waals surface area (Å²) in [6, 6.07) is 11.5. The Balaban J connectivity index is 1.47. The average molecular weight is 438 g/mol. The summed E-state index contributed by atoms with van der Waals surface area (Å²) < 4.78 is 21.0. The molecule has 170 valence electrons. The Morgan fingerprint density at radius 2 is 1.78 bits per heavy atom. The number of benzene rings is 2. The number of aldehydes is 1. The third-order valence-corrected chi connectivity index (χ3v) is 7.91. The Bertz CT molecular complexity index is 963. The van der Waals surface area contributed by atoms with Crippen molar-refractivity contribution in [2.45, 2.75) is 44.4 Å². The maximum atomic E-state index is 15.4. The van der Waals surface area contributed by atoms with Gasteiger partial charge in [-0.05, 0) is 91.3 Å². The van der Waals surface area contributed by atoms with Crippen molar-refractivity contribution in [3.05, 3.63) is 58.9 Å². The molecule has 2 aromatic rings. The summed E-state index contributed by atoms with van der Waals surface area (Å²) in [5.74, 6) is 1.37. The first-order valence-corrected chi connectivity index (χ1v) is 12.0. The SMILES string of the molecule is O=CC1CCN(c2ccc(C3c4ccc(O)cc4CC[C@@H]3C3CCOCC3)cc2F)CC1. The number of phenols is 1. The molecule has 5 rings (SSSR count). The monoisotopic (exact) mass is 437 g/mol. The third-order valence-electron chi connectivity index (χ3n) is 7.91. The van der Waals surface area contributed by atoms with E-state index < -0.39 is 0 Å². The molecule has 0 aromatic heterocycles. The van der Waals surface area contributed by atoms with Crippen LogP contribution in [0.5, 0.6) is 5.75 Å². The van der Waals surface area contributed by atoms with Crippen molar-refractivity contribution in [3.63, 3.8) is 0 Å². The zero-order valence-corrected chi connectivity index (χ0v) is 18.5. The van der Waals surface area contributed by atoms with Gasteiger partial charge >= 0.3 is 0 Å². The van der Waals surface area contributed by atoms with Gasteiger partial charge in [-0.2, -0.15) is 0 Å². The maximum absolute atomic E-state index is 15.4. The largest absolute Gasteiger partial charge is 0.508 e. The van der Waals surface area contributed by atoms with Crippen molar-refractivity contribution in [1.82, 2.24) is 0 Å². The highest BCUT2D eigenvalue weighted by Gasteiger charge is 2.37. The molecule has 5 heteroatoms. The van der Waals surface area contributed by atoms with Gasteiger partial charge in [-0.25, -0.2) is 4.39 Å². The van der Waals surface area contributed by atoms with Crippen LogP contribution in [0.4, 0.5) is 10.1 Å². The van der Waals surface area contributed by atoms with Gasteiger partial charge in [0.1, 0.15) is 17.9 Å². The molecule has 0 saturated carbocycles. The van der Waals surface area contributed by atoms with E-state index in [0.717, 1.165) is 76.7 Å². The highest BCUT2D eigenvalue weighted by Crippen LogP contribution is 2.47. The molecule has 4 nitrogen and oxygen atoms in total. The van der Waals surface area contributed by atoms with Crippen LogP contribution in [0, 0.1) is 23.6 Å². The lowest BCUT2D eigenvalue weighted by Crippen LogP contribution is -2.35. The minimum absolute atomic E-state index is 0.101. The van der Waals surface area contributed by atoms with E-state index in [2.05, 4.69) is 11.0 Å². The quantitative estimate of drug-likeness (QED) is 0.679. The van der Waals surface area contributed by atoms with Crippen molar-refractivity contribution in [2.75, 3.05) is 31.2 Å². The Morgan fingerprint density at radius 1 is 1.00 bits per heavy atom.